The molecule has 0 saturated heterocycles. The fraction of sp³-hybridized carbons (Fsp3) is 0.231. The summed E-state index contributed by atoms with van der Waals surface area (Å²) in [5, 5.41) is 14.3. The maximum absolute atomic E-state index is 11.9. The van der Waals surface area contributed by atoms with Gasteiger partial charge in [0.1, 0.15) is 6.61 Å². The molecular formula is C13H12N2O2S2. The van der Waals surface area contributed by atoms with Crippen LogP contribution in [-0.4, -0.2) is 22.6 Å². The molecule has 6 heteroatoms. The van der Waals surface area contributed by atoms with Gasteiger partial charge in [0.15, 0.2) is 0 Å². The first-order valence-corrected chi connectivity index (χ1v) is 7.27. The van der Waals surface area contributed by atoms with Gasteiger partial charge >= 0.3 is 0 Å². The number of thiophene rings is 1. The van der Waals surface area contributed by atoms with Crippen LogP contribution in [-0.2, 0) is 6.54 Å². The van der Waals surface area contributed by atoms with Gasteiger partial charge in [-0.3, -0.25) is 4.79 Å². The molecule has 19 heavy (non-hydrogen) atoms. The minimum absolute atomic E-state index is 0.132. The Bertz CT molecular complexity index is 634. The van der Waals surface area contributed by atoms with Gasteiger partial charge in [0, 0.05) is 5.38 Å². The van der Waals surface area contributed by atoms with Gasteiger partial charge in [0.2, 0.25) is 0 Å². The number of hydrogen-bond donors (Lipinski definition) is 2. The Labute approximate surface area is 119 Å². The third-order valence-electron chi connectivity index (χ3n) is 2.22. The third kappa shape index (κ3) is 3.89. The molecule has 4 nitrogen and oxygen atoms in total. The molecule has 0 aliphatic rings. The number of carbonyl (C=O) groups is 1. The van der Waals surface area contributed by atoms with Gasteiger partial charge in [-0.1, -0.05) is 11.8 Å². The Hall–Kier alpha value is -1.68. The van der Waals surface area contributed by atoms with E-state index in [-0.39, 0.29) is 12.5 Å². The van der Waals surface area contributed by atoms with E-state index in [1.807, 2.05) is 12.3 Å². The Morgan fingerprint density at radius 2 is 2.37 bits per heavy atom. The zero-order chi connectivity index (χ0) is 13.7. The summed E-state index contributed by atoms with van der Waals surface area (Å²) < 4.78 is 0. The molecule has 2 rings (SSSR count). The van der Waals surface area contributed by atoms with E-state index in [2.05, 4.69) is 22.1 Å². The van der Waals surface area contributed by atoms with E-state index < -0.39 is 0 Å². The van der Waals surface area contributed by atoms with Crippen LogP contribution in [0.3, 0.4) is 0 Å². The molecule has 0 fully saturated rings. The Kier molecular flexibility index (Phi) is 4.68. The predicted octanol–water partition coefficient (Wildman–Crippen LogP) is 1.79. The summed E-state index contributed by atoms with van der Waals surface area (Å²) >= 11 is 2.87. The number of aliphatic hydroxyl groups is 1. The van der Waals surface area contributed by atoms with Crippen molar-refractivity contribution in [3.63, 3.8) is 0 Å². The Morgan fingerprint density at radius 3 is 3.05 bits per heavy atom. The minimum atomic E-state index is -0.178. The molecule has 0 aromatic carbocycles. The summed E-state index contributed by atoms with van der Waals surface area (Å²) in [6.07, 6.45) is 0. The topological polar surface area (TPSA) is 62.2 Å². The second-order valence-corrected chi connectivity index (χ2v) is 5.81. The number of amides is 1. The van der Waals surface area contributed by atoms with Crippen LogP contribution in [0.15, 0.2) is 17.5 Å². The fourth-order valence-corrected chi connectivity index (χ4v) is 2.81. The lowest BCUT2D eigenvalue weighted by atomic mass is 10.4. The monoisotopic (exact) mass is 292 g/mol. The van der Waals surface area contributed by atoms with Gasteiger partial charge in [0.25, 0.3) is 5.91 Å². The molecule has 2 N–H and O–H groups in total. The molecule has 0 aliphatic heterocycles. The van der Waals surface area contributed by atoms with Crippen molar-refractivity contribution in [1.29, 1.82) is 0 Å². The second kappa shape index (κ2) is 6.48. The zero-order valence-corrected chi connectivity index (χ0v) is 11.9. The van der Waals surface area contributed by atoms with Crippen molar-refractivity contribution in [1.82, 2.24) is 10.3 Å². The highest BCUT2D eigenvalue weighted by Gasteiger charge is 2.08. The van der Waals surface area contributed by atoms with Crippen LogP contribution in [0.1, 0.15) is 25.3 Å². The summed E-state index contributed by atoms with van der Waals surface area (Å²) in [6, 6.07) is 3.50. The highest BCUT2D eigenvalue weighted by molar-refractivity contribution is 7.14. The molecule has 0 saturated carbocycles. The first-order valence-electron chi connectivity index (χ1n) is 5.58. The number of nitrogens with zero attached hydrogens (tertiary/aromatic N) is 1. The first kappa shape index (κ1) is 13.7. The van der Waals surface area contributed by atoms with Crippen molar-refractivity contribution in [2.24, 2.45) is 0 Å². The minimum Gasteiger partial charge on any atom is -0.384 e. The number of hydrogen-bond acceptors (Lipinski definition) is 5. The van der Waals surface area contributed by atoms with Gasteiger partial charge < -0.3 is 10.4 Å². The van der Waals surface area contributed by atoms with Gasteiger partial charge in [-0.2, -0.15) is 0 Å². The van der Waals surface area contributed by atoms with Crippen LogP contribution in [0.25, 0.3) is 0 Å². The van der Waals surface area contributed by atoms with Gasteiger partial charge in [0.05, 0.1) is 27.0 Å². The van der Waals surface area contributed by atoms with Crippen LogP contribution in [0.5, 0.6) is 0 Å². The predicted molar refractivity (Wildman–Crippen MR) is 76.3 cm³/mol. The van der Waals surface area contributed by atoms with Gasteiger partial charge in [-0.05, 0) is 19.1 Å². The highest BCUT2D eigenvalue weighted by Crippen LogP contribution is 2.15. The fourth-order valence-electron chi connectivity index (χ4n) is 1.40. The number of aromatic nitrogens is 1. The molecule has 1 amide bonds. The highest BCUT2D eigenvalue weighted by atomic mass is 32.1. The number of aryl methyl sites for hydroxylation is 1. The smallest absolute Gasteiger partial charge is 0.261 e. The standard InChI is InChI=1S/C13H12N2O2S2/c1-9-15-10(8-18-9)7-14-13(17)12-5-4-11(19-12)3-2-6-16/h4-5,8,16H,6-7H2,1H3,(H,14,17). The van der Waals surface area contributed by atoms with Crippen molar-refractivity contribution < 1.29 is 9.90 Å². The van der Waals surface area contributed by atoms with Crippen LogP contribution < -0.4 is 5.32 Å². The van der Waals surface area contributed by atoms with E-state index >= 15 is 0 Å². The third-order valence-corrected chi connectivity index (χ3v) is 4.04. The summed E-state index contributed by atoms with van der Waals surface area (Å²) in [7, 11) is 0. The number of nitrogens with one attached hydrogen (secondary N) is 1. The average molecular weight is 292 g/mol. The summed E-state index contributed by atoms with van der Waals surface area (Å²) in [5.41, 5.74) is 0.868. The molecule has 0 spiro atoms. The lowest BCUT2D eigenvalue weighted by Gasteiger charge is -1.99. The summed E-state index contributed by atoms with van der Waals surface area (Å²) in [6.45, 7) is 2.18. The van der Waals surface area contributed by atoms with E-state index in [0.717, 1.165) is 15.6 Å². The number of thiazole rings is 1. The van der Waals surface area contributed by atoms with E-state index in [4.69, 9.17) is 5.11 Å². The summed E-state index contributed by atoms with van der Waals surface area (Å²) in [5.74, 6) is 5.20. The van der Waals surface area contributed by atoms with Crippen molar-refractivity contribution in [2.75, 3.05) is 6.61 Å². The molecular weight excluding hydrogens is 280 g/mol. The lowest BCUT2D eigenvalue weighted by molar-refractivity contribution is 0.0954. The van der Waals surface area contributed by atoms with Gasteiger partial charge in [-0.15, -0.1) is 22.7 Å². The maximum Gasteiger partial charge on any atom is 0.261 e. The molecule has 0 atom stereocenters. The molecule has 0 radical (unpaired) electrons. The Balaban J connectivity index is 1.94. The van der Waals surface area contributed by atoms with Gasteiger partial charge in [-0.25, -0.2) is 4.98 Å². The van der Waals surface area contributed by atoms with Crippen molar-refractivity contribution >= 4 is 28.6 Å². The Morgan fingerprint density at radius 1 is 1.53 bits per heavy atom. The van der Waals surface area contributed by atoms with Crippen LogP contribution in [0.2, 0.25) is 0 Å². The van der Waals surface area contributed by atoms with E-state index in [0.29, 0.717) is 11.4 Å². The molecule has 0 bridgehead atoms. The number of aliphatic hydroxyl groups excluding tert-OH is 1. The summed E-state index contributed by atoms with van der Waals surface area (Å²) in [4.78, 5) is 17.5. The second-order valence-electron chi connectivity index (χ2n) is 3.66. The van der Waals surface area contributed by atoms with E-state index in [9.17, 15) is 4.79 Å². The van der Waals surface area contributed by atoms with Crippen LogP contribution in [0.4, 0.5) is 0 Å². The number of carbonyl (C=O) groups excluding carboxylic acids is 1. The number of rotatable bonds is 3. The van der Waals surface area contributed by atoms with E-state index in [1.165, 1.54) is 11.3 Å². The molecule has 0 unspecified atom stereocenters. The zero-order valence-electron chi connectivity index (χ0n) is 10.3. The molecule has 98 valence electrons. The first-order chi connectivity index (χ1) is 9.19. The van der Waals surface area contributed by atoms with E-state index in [1.54, 1.807) is 23.5 Å². The SMILES string of the molecule is Cc1nc(CNC(=O)c2ccc(C#CCO)s2)cs1. The largest absolute Gasteiger partial charge is 0.384 e. The normalized spacial score (nSPS) is 9.79. The van der Waals surface area contributed by atoms with Crippen LogP contribution >= 0.6 is 22.7 Å². The average Bonchev–Trinajstić information content (AvgIpc) is 3.02. The van der Waals surface area contributed by atoms with Crippen molar-refractivity contribution in [3.8, 4) is 11.8 Å². The molecule has 2 aromatic rings. The molecule has 0 aliphatic carbocycles. The van der Waals surface area contributed by atoms with Crippen molar-refractivity contribution in [2.45, 2.75) is 13.5 Å². The molecule has 2 aromatic heterocycles. The van der Waals surface area contributed by atoms with Crippen LogP contribution in [0, 0.1) is 18.8 Å². The maximum atomic E-state index is 11.9. The quantitative estimate of drug-likeness (QED) is 0.848. The van der Waals surface area contributed by atoms with Crippen molar-refractivity contribution in [3.05, 3.63) is 38.0 Å². The molecule has 2 heterocycles. The lowest BCUT2D eigenvalue weighted by Crippen LogP contribution is -2.21.